The van der Waals surface area contributed by atoms with Gasteiger partial charge in [0.1, 0.15) is 11.6 Å². The van der Waals surface area contributed by atoms with E-state index in [4.69, 9.17) is 5.26 Å². The van der Waals surface area contributed by atoms with E-state index in [-0.39, 0.29) is 24.5 Å². The fraction of sp³-hybridized carbons (Fsp3) is 0.348. The van der Waals surface area contributed by atoms with Crippen LogP contribution in [0.5, 0.6) is 0 Å². The topological polar surface area (TPSA) is 68.1 Å². The van der Waals surface area contributed by atoms with E-state index in [1.54, 1.807) is 18.2 Å². The number of benzene rings is 2. The van der Waals surface area contributed by atoms with Crippen LogP contribution in [0.4, 0.5) is 33.6 Å². The first-order chi connectivity index (χ1) is 16.2. The van der Waals surface area contributed by atoms with Crippen molar-refractivity contribution in [3.8, 4) is 6.07 Å². The highest BCUT2D eigenvalue weighted by Crippen LogP contribution is 2.28. The lowest BCUT2D eigenvalue weighted by atomic mass is 10.1. The summed E-state index contributed by atoms with van der Waals surface area (Å²) < 4.78 is 65.4. The van der Waals surface area contributed by atoms with E-state index in [0.29, 0.717) is 48.6 Å². The highest BCUT2D eigenvalue weighted by molar-refractivity contribution is 5.81. The van der Waals surface area contributed by atoms with Gasteiger partial charge in [0, 0.05) is 44.8 Å². The van der Waals surface area contributed by atoms with E-state index < -0.39 is 24.2 Å². The lowest BCUT2D eigenvalue weighted by Crippen LogP contribution is -2.46. The maximum Gasteiger partial charge on any atom is 0.390 e. The van der Waals surface area contributed by atoms with Gasteiger partial charge in [0.05, 0.1) is 29.1 Å². The van der Waals surface area contributed by atoms with Gasteiger partial charge in [-0.15, -0.1) is 0 Å². The molecule has 3 aromatic rings. The molecule has 1 saturated heterocycles. The van der Waals surface area contributed by atoms with Gasteiger partial charge in [-0.1, -0.05) is 0 Å². The average Bonchev–Trinajstić information content (AvgIpc) is 2.80. The van der Waals surface area contributed by atoms with Crippen LogP contribution in [0.3, 0.4) is 0 Å². The summed E-state index contributed by atoms with van der Waals surface area (Å²) in [6, 6.07) is 10.1. The Labute approximate surface area is 192 Å². The molecule has 1 aliphatic rings. The van der Waals surface area contributed by atoms with Gasteiger partial charge in [0.2, 0.25) is 0 Å². The van der Waals surface area contributed by atoms with Crippen molar-refractivity contribution in [1.82, 2.24) is 14.9 Å². The quantitative estimate of drug-likeness (QED) is 0.530. The fourth-order valence-corrected chi connectivity index (χ4v) is 3.80. The normalized spacial score (nSPS) is 14.9. The van der Waals surface area contributed by atoms with Crippen LogP contribution in [-0.4, -0.2) is 53.8 Å². The van der Waals surface area contributed by atoms with Gasteiger partial charge in [-0.2, -0.15) is 18.4 Å². The minimum Gasteiger partial charge on any atom is -0.367 e. The van der Waals surface area contributed by atoms with Crippen LogP contribution in [0.2, 0.25) is 0 Å². The molecule has 11 heteroatoms. The van der Waals surface area contributed by atoms with E-state index in [9.17, 15) is 22.0 Å². The lowest BCUT2D eigenvalue weighted by molar-refractivity contribution is -0.131. The molecule has 1 N–H and O–H groups in total. The Balaban J connectivity index is 1.53. The summed E-state index contributed by atoms with van der Waals surface area (Å²) in [6.45, 7) is 1.83. The molecular formula is C23H21F5N6. The molecule has 0 aliphatic carbocycles. The number of nitrogens with zero attached hydrogens (tertiary/aromatic N) is 5. The van der Waals surface area contributed by atoms with Gasteiger partial charge < -0.3 is 10.2 Å². The number of hydrogen-bond acceptors (Lipinski definition) is 6. The number of nitriles is 1. The summed E-state index contributed by atoms with van der Waals surface area (Å²) in [5.41, 5.74) is 1.57. The minimum atomic E-state index is -4.31. The number of anilines is 2. The van der Waals surface area contributed by atoms with Crippen LogP contribution < -0.4 is 10.2 Å². The third-order valence-corrected chi connectivity index (χ3v) is 5.55. The minimum absolute atomic E-state index is 0.228. The van der Waals surface area contributed by atoms with Crippen molar-refractivity contribution in [3.63, 3.8) is 0 Å². The summed E-state index contributed by atoms with van der Waals surface area (Å²) in [5, 5.41) is 11.9. The Morgan fingerprint density at radius 1 is 0.971 bits per heavy atom. The molecule has 1 aliphatic heterocycles. The zero-order valence-electron chi connectivity index (χ0n) is 18.0. The highest BCUT2D eigenvalue weighted by atomic mass is 19.4. The van der Waals surface area contributed by atoms with E-state index in [2.05, 4.69) is 15.3 Å². The van der Waals surface area contributed by atoms with Gasteiger partial charge >= 0.3 is 6.18 Å². The molecule has 4 rings (SSSR count). The molecule has 2 heterocycles. The second kappa shape index (κ2) is 9.77. The van der Waals surface area contributed by atoms with Gasteiger partial charge in [0.15, 0.2) is 11.6 Å². The molecule has 0 radical (unpaired) electrons. The van der Waals surface area contributed by atoms with Crippen molar-refractivity contribution in [3.05, 3.63) is 59.2 Å². The first kappa shape index (κ1) is 23.6. The summed E-state index contributed by atoms with van der Waals surface area (Å²) >= 11 is 0. The largest absolute Gasteiger partial charge is 0.390 e. The number of alkyl halides is 3. The molecule has 34 heavy (non-hydrogen) atoms. The summed E-state index contributed by atoms with van der Waals surface area (Å²) in [5.74, 6) is -0.367. The zero-order chi connectivity index (χ0) is 24.3. The molecule has 6 nitrogen and oxygen atoms in total. The van der Waals surface area contributed by atoms with Crippen molar-refractivity contribution >= 4 is 22.7 Å². The number of nitrogens with one attached hydrogen (secondary N) is 1. The van der Waals surface area contributed by atoms with Crippen molar-refractivity contribution in [2.45, 2.75) is 19.1 Å². The number of aromatic nitrogens is 2. The van der Waals surface area contributed by atoms with Gasteiger partial charge in [-0.05, 0) is 36.4 Å². The maximum atomic E-state index is 14.0. The SMILES string of the molecule is N#Cc1ccc2nc(NCCC(F)(F)F)c(N3CCN(Cc4cc(F)ccc4F)CC3)nc2c1. The predicted octanol–water partition coefficient (Wildman–Crippen LogP) is 4.47. The van der Waals surface area contributed by atoms with E-state index in [1.165, 1.54) is 6.07 Å². The molecule has 0 bridgehead atoms. The Hall–Kier alpha value is -3.52. The summed E-state index contributed by atoms with van der Waals surface area (Å²) in [6.07, 6.45) is -5.33. The predicted molar refractivity (Wildman–Crippen MR) is 117 cm³/mol. The Bertz CT molecular complexity index is 1210. The van der Waals surface area contributed by atoms with E-state index in [1.807, 2.05) is 15.9 Å². The van der Waals surface area contributed by atoms with Gasteiger partial charge in [-0.25, -0.2) is 18.7 Å². The standard InChI is InChI=1S/C23H21F5N6/c24-17-2-3-18(25)16(12-17)14-33-7-9-34(10-8-33)22-21(30-6-5-23(26,27)28)31-19-4-1-15(13-29)11-20(19)32-22/h1-4,11-12H,5-10,14H2,(H,30,31). The number of piperazine rings is 1. The zero-order valence-corrected chi connectivity index (χ0v) is 18.0. The lowest BCUT2D eigenvalue weighted by Gasteiger charge is -2.36. The molecule has 0 spiro atoms. The smallest absolute Gasteiger partial charge is 0.367 e. The molecule has 1 fully saturated rings. The molecule has 0 amide bonds. The second-order valence-corrected chi connectivity index (χ2v) is 8.00. The van der Waals surface area contributed by atoms with Crippen molar-refractivity contribution in [2.75, 3.05) is 42.9 Å². The first-order valence-corrected chi connectivity index (χ1v) is 10.7. The molecular weight excluding hydrogens is 455 g/mol. The highest BCUT2D eigenvalue weighted by Gasteiger charge is 2.27. The second-order valence-electron chi connectivity index (χ2n) is 8.00. The van der Waals surface area contributed by atoms with E-state index >= 15 is 0 Å². The fourth-order valence-electron chi connectivity index (χ4n) is 3.80. The summed E-state index contributed by atoms with van der Waals surface area (Å²) in [7, 11) is 0. The number of rotatable bonds is 6. The third-order valence-electron chi connectivity index (χ3n) is 5.55. The molecule has 0 saturated carbocycles. The maximum absolute atomic E-state index is 14.0. The van der Waals surface area contributed by atoms with Crippen molar-refractivity contribution < 1.29 is 22.0 Å². The van der Waals surface area contributed by atoms with Crippen molar-refractivity contribution in [1.29, 1.82) is 5.26 Å². The Kier molecular flexibility index (Phi) is 6.79. The third kappa shape index (κ3) is 5.69. The number of halogens is 5. The molecule has 1 aromatic heterocycles. The Morgan fingerprint density at radius 3 is 2.44 bits per heavy atom. The monoisotopic (exact) mass is 476 g/mol. The first-order valence-electron chi connectivity index (χ1n) is 10.7. The average molecular weight is 476 g/mol. The van der Waals surface area contributed by atoms with E-state index in [0.717, 1.165) is 12.1 Å². The van der Waals surface area contributed by atoms with Crippen LogP contribution in [0.15, 0.2) is 36.4 Å². The molecule has 2 aromatic carbocycles. The Morgan fingerprint density at radius 2 is 1.74 bits per heavy atom. The molecule has 178 valence electrons. The van der Waals surface area contributed by atoms with Crippen LogP contribution >= 0.6 is 0 Å². The molecule has 0 atom stereocenters. The summed E-state index contributed by atoms with van der Waals surface area (Å²) in [4.78, 5) is 12.9. The van der Waals surface area contributed by atoms with Crippen LogP contribution in [0.1, 0.15) is 17.5 Å². The van der Waals surface area contributed by atoms with Crippen LogP contribution in [-0.2, 0) is 6.54 Å². The van der Waals surface area contributed by atoms with Crippen LogP contribution in [0.25, 0.3) is 11.0 Å². The number of fused-ring (bicyclic) bond motifs is 1. The van der Waals surface area contributed by atoms with Crippen molar-refractivity contribution in [2.24, 2.45) is 0 Å². The van der Waals surface area contributed by atoms with Crippen LogP contribution in [0, 0.1) is 23.0 Å². The van der Waals surface area contributed by atoms with Gasteiger partial charge in [0.25, 0.3) is 0 Å². The number of hydrogen-bond donors (Lipinski definition) is 1. The van der Waals surface area contributed by atoms with Gasteiger partial charge in [-0.3, -0.25) is 4.90 Å². The molecule has 0 unspecified atom stereocenters.